The van der Waals surface area contributed by atoms with Crippen LogP contribution >= 0.6 is 0 Å². The second kappa shape index (κ2) is 8.87. The van der Waals surface area contributed by atoms with E-state index in [9.17, 15) is 9.59 Å². The maximum Gasteiger partial charge on any atom is 0.305 e. The summed E-state index contributed by atoms with van der Waals surface area (Å²) in [5, 5.41) is 11.9. The lowest BCUT2D eigenvalue weighted by molar-refractivity contribution is -0.137. The van der Waals surface area contributed by atoms with Gasteiger partial charge in [-0.3, -0.25) is 9.59 Å². The molecule has 1 atom stereocenters. The summed E-state index contributed by atoms with van der Waals surface area (Å²) in [7, 11) is 0. The number of carbonyl (C=O) groups excluding carboxylic acids is 1. The molecule has 0 spiro atoms. The average molecular weight is 341 g/mol. The number of hydrogen-bond acceptors (Lipinski definition) is 3. The van der Waals surface area contributed by atoms with E-state index in [1.807, 2.05) is 68.4 Å². The fraction of sp³-hybridized carbons (Fsp3) is 0.300. The molecule has 2 aromatic carbocycles. The molecule has 0 fully saturated rings. The molecule has 1 unspecified atom stereocenters. The zero-order valence-corrected chi connectivity index (χ0v) is 14.4. The van der Waals surface area contributed by atoms with Gasteiger partial charge in [0.2, 0.25) is 5.91 Å². The van der Waals surface area contributed by atoms with Crippen molar-refractivity contribution in [3.05, 3.63) is 65.7 Å². The Morgan fingerprint density at radius 3 is 2.44 bits per heavy atom. The van der Waals surface area contributed by atoms with Crippen molar-refractivity contribution >= 4 is 11.9 Å². The van der Waals surface area contributed by atoms with Gasteiger partial charge < -0.3 is 15.2 Å². The third-order valence-corrected chi connectivity index (χ3v) is 3.55. The molecule has 0 saturated heterocycles. The molecule has 0 saturated carbocycles. The van der Waals surface area contributed by atoms with Gasteiger partial charge in [0.25, 0.3) is 0 Å². The van der Waals surface area contributed by atoms with Gasteiger partial charge in [-0.25, -0.2) is 0 Å². The SMILES string of the molecule is CC(C)Oc1cccc(CC(=O)NC(CC(=O)O)c2ccccc2)c1. The molecule has 0 bridgehead atoms. The van der Waals surface area contributed by atoms with Crippen molar-refractivity contribution in [1.82, 2.24) is 5.32 Å². The molecule has 0 aliphatic heterocycles. The van der Waals surface area contributed by atoms with E-state index in [1.54, 1.807) is 0 Å². The Morgan fingerprint density at radius 2 is 1.80 bits per heavy atom. The van der Waals surface area contributed by atoms with Gasteiger partial charge in [0.15, 0.2) is 0 Å². The minimum absolute atomic E-state index is 0.0575. The lowest BCUT2D eigenvalue weighted by Gasteiger charge is -2.18. The van der Waals surface area contributed by atoms with Gasteiger partial charge in [0.1, 0.15) is 5.75 Å². The minimum Gasteiger partial charge on any atom is -0.491 e. The van der Waals surface area contributed by atoms with Gasteiger partial charge in [-0.05, 0) is 37.1 Å². The van der Waals surface area contributed by atoms with Crippen LogP contribution < -0.4 is 10.1 Å². The molecular formula is C20H23NO4. The van der Waals surface area contributed by atoms with Gasteiger partial charge >= 0.3 is 5.97 Å². The number of benzene rings is 2. The Hall–Kier alpha value is -2.82. The predicted molar refractivity (Wildman–Crippen MR) is 95.5 cm³/mol. The summed E-state index contributed by atoms with van der Waals surface area (Å²) >= 11 is 0. The van der Waals surface area contributed by atoms with Crippen molar-refractivity contribution in [1.29, 1.82) is 0 Å². The van der Waals surface area contributed by atoms with E-state index in [1.165, 1.54) is 0 Å². The molecule has 2 rings (SSSR count). The van der Waals surface area contributed by atoms with E-state index in [0.29, 0.717) is 5.75 Å². The van der Waals surface area contributed by atoms with Crippen LogP contribution in [0.25, 0.3) is 0 Å². The molecule has 2 N–H and O–H groups in total. The van der Waals surface area contributed by atoms with Gasteiger partial charge in [-0.2, -0.15) is 0 Å². The van der Waals surface area contributed by atoms with Gasteiger partial charge in [0.05, 0.1) is 25.0 Å². The summed E-state index contributed by atoms with van der Waals surface area (Å²) in [4.78, 5) is 23.5. The third-order valence-electron chi connectivity index (χ3n) is 3.55. The highest BCUT2D eigenvalue weighted by Crippen LogP contribution is 2.18. The van der Waals surface area contributed by atoms with E-state index in [-0.39, 0.29) is 24.9 Å². The van der Waals surface area contributed by atoms with Crippen LogP contribution in [0.1, 0.15) is 37.4 Å². The van der Waals surface area contributed by atoms with Crippen LogP contribution in [-0.4, -0.2) is 23.1 Å². The first kappa shape index (κ1) is 18.5. The molecule has 0 aliphatic carbocycles. The number of nitrogens with one attached hydrogen (secondary N) is 1. The van der Waals surface area contributed by atoms with E-state index < -0.39 is 12.0 Å². The molecule has 2 aromatic rings. The van der Waals surface area contributed by atoms with Crippen LogP contribution in [0, 0.1) is 0 Å². The van der Waals surface area contributed by atoms with Crippen molar-refractivity contribution in [3.63, 3.8) is 0 Å². The topological polar surface area (TPSA) is 75.6 Å². The number of rotatable bonds is 8. The number of hydrogen-bond donors (Lipinski definition) is 2. The van der Waals surface area contributed by atoms with Crippen LogP contribution in [0.2, 0.25) is 0 Å². The maximum absolute atomic E-state index is 12.4. The second-order valence-corrected chi connectivity index (χ2v) is 6.12. The van der Waals surface area contributed by atoms with Crippen molar-refractivity contribution in [2.24, 2.45) is 0 Å². The van der Waals surface area contributed by atoms with Crippen LogP contribution in [0.15, 0.2) is 54.6 Å². The summed E-state index contributed by atoms with van der Waals surface area (Å²) in [6.45, 7) is 3.88. The molecule has 0 aliphatic rings. The summed E-state index contributed by atoms with van der Waals surface area (Å²) in [5.74, 6) is -0.469. The van der Waals surface area contributed by atoms with Crippen LogP contribution in [0.3, 0.4) is 0 Å². The highest BCUT2D eigenvalue weighted by atomic mass is 16.5. The third kappa shape index (κ3) is 6.30. The zero-order chi connectivity index (χ0) is 18.2. The number of carbonyl (C=O) groups is 2. The van der Waals surface area contributed by atoms with Gasteiger partial charge in [0, 0.05) is 0 Å². The lowest BCUT2D eigenvalue weighted by Crippen LogP contribution is -2.31. The molecule has 0 aromatic heterocycles. The van der Waals surface area contributed by atoms with Gasteiger partial charge in [-0.1, -0.05) is 42.5 Å². The zero-order valence-electron chi connectivity index (χ0n) is 14.4. The van der Waals surface area contributed by atoms with E-state index in [0.717, 1.165) is 11.1 Å². The van der Waals surface area contributed by atoms with Crippen molar-refractivity contribution in [3.8, 4) is 5.75 Å². The van der Waals surface area contributed by atoms with Gasteiger partial charge in [-0.15, -0.1) is 0 Å². The summed E-state index contributed by atoms with van der Waals surface area (Å²) < 4.78 is 5.63. The lowest BCUT2D eigenvalue weighted by atomic mass is 10.0. The Labute approximate surface area is 147 Å². The maximum atomic E-state index is 12.4. The number of aliphatic carboxylic acids is 1. The van der Waals surface area contributed by atoms with Crippen LogP contribution in [-0.2, 0) is 16.0 Å². The largest absolute Gasteiger partial charge is 0.491 e. The standard InChI is InChI=1S/C20H23NO4/c1-14(2)25-17-10-6-7-15(11-17)12-19(22)21-18(13-20(23)24)16-8-4-3-5-9-16/h3-11,14,18H,12-13H2,1-2H3,(H,21,22)(H,23,24). The first-order chi connectivity index (χ1) is 11.9. The van der Waals surface area contributed by atoms with Crippen LogP contribution in [0.4, 0.5) is 0 Å². The normalized spacial score (nSPS) is 11.8. The van der Waals surface area contributed by atoms with Crippen LogP contribution in [0.5, 0.6) is 5.75 Å². The molecule has 0 radical (unpaired) electrons. The van der Waals surface area contributed by atoms with E-state index in [4.69, 9.17) is 9.84 Å². The predicted octanol–water partition coefficient (Wildman–Crippen LogP) is 3.35. The number of ether oxygens (including phenoxy) is 1. The summed E-state index contributed by atoms with van der Waals surface area (Å²) in [5.41, 5.74) is 1.59. The van der Waals surface area contributed by atoms with Crippen molar-refractivity contribution < 1.29 is 19.4 Å². The molecule has 5 heteroatoms. The number of amides is 1. The summed E-state index contributed by atoms with van der Waals surface area (Å²) in [6.07, 6.45) is 0.0620. The molecule has 1 amide bonds. The fourth-order valence-corrected chi connectivity index (χ4v) is 2.54. The van der Waals surface area contributed by atoms with E-state index in [2.05, 4.69) is 5.32 Å². The molecule has 5 nitrogen and oxygen atoms in total. The Kier molecular flexibility index (Phi) is 6.57. The highest BCUT2D eigenvalue weighted by molar-refractivity contribution is 5.80. The number of carboxylic acids is 1. The monoisotopic (exact) mass is 341 g/mol. The number of carboxylic acid groups (broad SMARTS) is 1. The Balaban J connectivity index is 2.05. The van der Waals surface area contributed by atoms with E-state index >= 15 is 0 Å². The molecular weight excluding hydrogens is 318 g/mol. The second-order valence-electron chi connectivity index (χ2n) is 6.12. The smallest absolute Gasteiger partial charge is 0.305 e. The molecule has 0 heterocycles. The quantitative estimate of drug-likeness (QED) is 0.772. The first-order valence-corrected chi connectivity index (χ1v) is 8.25. The Morgan fingerprint density at radius 1 is 1.08 bits per heavy atom. The average Bonchev–Trinajstić information content (AvgIpc) is 2.54. The Bertz CT molecular complexity index is 713. The minimum atomic E-state index is -0.957. The van der Waals surface area contributed by atoms with Crippen molar-refractivity contribution in [2.45, 2.75) is 38.8 Å². The summed E-state index contributed by atoms with van der Waals surface area (Å²) in [6, 6.07) is 15.9. The van der Waals surface area contributed by atoms with Crippen molar-refractivity contribution in [2.75, 3.05) is 0 Å². The first-order valence-electron chi connectivity index (χ1n) is 8.25. The highest BCUT2D eigenvalue weighted by Gasteiger charge is 2.18. The molecule has 25 heavy (non-hydrogen) atoms. The fourth-order valence-electron chi connectivity index (χ4n) is 2.54. The molecule has 132 valence electrons.